The van der Waals surface area contributed by atoms with Crippen LogP contribution in [0.4, 0.5) is 4.39 Å². The molecule has 0 unspecified atom stereocenters. The van der Waals surface area contributed by atoms with Gasteiger partial charge in [-0.3, -0.25) is 4.79 Å². The Morgan fingerprint density at radius 2 is 1.80 bits per heavy atom. The second-order valence-corrected chi connectivity index (χ2v) is 5.09. The van der Waals surface area contributed by atoms with Gasteiger partial charge in [0.25, 0.3) is 0 Å². The van der Waals surface area contributed by atoms with E-state index >= 15 is 0 Å². The SMILES string of the molecule is COc1cc(C(=O)C2Cc3ccccc3C2)ccc1F. The largest absolute Gasteiger partial charge is 0.494 e. The first kappa shape index (κ1) is 12.9. The molecule has 2 aromatic rings. The summed E-state index contributed by atoms with van der Waals surface area (Å²) in [5.41, 5.74) is 2.99. The summed E-state index contributed by atoms with van der Waals surface area (Å²) in [5.74, 6) is -0.327. The zero-order chi connectivity index (χ0) is 14.1. The molecule has 0 saturated carbocycles. The normalized spacial score (nSPS) is 14.1. The minimum Gasteiger partial charge on any atom is -0.494 e. The number of hydrogen-bond donors (Lipinski definition) is 0. The monoisotopic (exact) mass is 270 g/mol. The second-order valence-electron chi connectivity index (χ2n) is 5.09. The van der Waals surface area contributed by atoms with Crippen molar-refractivity contribution in [2.75, 3.05) is 7.11 Å². The molecular weight excluding hydrogens is 255 g/mol. The molecule has 3 heteroatoms. The molecule has 2 nitrogen and oxygen atoms in total. The lowest BCUT2D eigenvalue weighted by Gasteiger charge is -2.09. The highest BCUT2D eigenvalue weighted by Gasteiger charge is 2.28. The molecule has 0 bridgehead atoms. The summed E-state index contributed by atoms with van der Waals surface area (Å²) < 4.78 is 18.3. The topological polar surface area (TPSA) is 26.3 Å². The van der Waals surface area contributed by atoms with Crippen LogP contribution in [-0.2, 0) is 12.8 Å². The van der Waals surface area contributed by atoms with Crippen LogP contribution in [0, 0.1) is 11.7 Å². The van der Waals surface area contributed by atoms with Crippen molar-refractivity contribution in [3.63, 3.8) is 0 Å². The molecule has 0 aliphatic heterocycles. The van der Waals surface area contributed by atoms with Crippen molar-refractivity contribution in [1.82, 2.24) is 0 Å². The van der Waals surface area contributed by atoms with Gasteiger partial charge in [0.05, 0.1) is 7.11 Å². The van der Waals surface area contributed by atoms with Crippen LogP contribution in [0.15, 0.2) is 42.5 Å². The summed E-state index contributed by atoms with van der Waals surface area (Å²) in [4.78, 5) is 12.5. The fourth-order valence-electron chi connectivity index (χ4n) is 2.79. The highest BCUT2D eigenvalue weighted by Crippen LogP contribution is 2.30. The van der Waals surface area contributed by atoms with Crippen LogP contribution in [0.1, 0.15) is 21.5 Å². The average Bonchev–Trinajstić information content (AvgIpc) is 2.91. The number of benzene rings is 2. The van der Waals surface area contributed by atoms with E-state index in [1.165, 1.54) is 36.4 Å². The third-order valence-corrected chi connectivity index (χ3v) is 3.86. The van der Waals surface area contributed by atoms with Gasteiger partial charge in [-0.15, -0.1) is 0 Å². The summed E-state index contributed by atoms with van der Waals surface area (Å²) in [6.07, 6.45) is 1.52. The van der Waals surface area contributed by atoms with Gasteiger partial charge in [0, 0.05) is 11.5 Å². The quantitative estimate of drug-likeness (QED) is 0.799. The van der Waals surface area contributed by atoms with E-state index in [0.717, 1.165) is 12.8 Å². The molecule has 0 heterocycles. The zero-order valence-electron chi connectivity index (χ0n) is 11.2. The number of hydrogen-bond acceptors (Lipinski definition) is 2. The third kappa shape index (κ3) is 2.20. The van der Waals surface area contributed by atoms with Gasteiger partial charge in [-0.05, 0) is 42.2 Å². The Balaban J connectivity index is 1.84. The van der Waals surface area contributed by atoms with E-state index in [9.17, 15) is 9.18 Å². The van der Waals surface area contributed by atoms with Crippen molar-refractivity contribution in [3.8, 4) is 5.75 Å². The molecule has 102 valence electrons. The highest BCUT2D eigenvalue weighted by molar-refractivity contribution is 5.99. The summed E-state index contributed by atoms with van der Waals surface area (Å²) >= 11 is 0. The molecule has 1 aliphatic rings. The number of methoxy groups -OCH3 is 1. The predicted octanol–water partition coefficient (Wildman–Crippen LogP) is 3.43. The Labute approximate surface area is 117 Å². The number of halogens is 1. The van der Waals surface area contributed by atoms with Gasteiger partial charge in [0.15, 0.2) is 17.3 Å². The van der Waals surface area contributed by atoms with E-state index in [0.29, 0.717) is 5.56 Å². The van der Waals surface area contributed by atoms with E-state index in [1.807, 2.05) is 12.1 Å². The molecule has 0 radical (unpaired) electrons. The standard InChI is InChI=1S/C17H15FO2/c1-20-16-10-13(6-7-15(16)18)17(19)14-8-11-4-2-3-5-12(11)9-14/h2-7,10,14H,8-9H2,1H3. The Morgan fingerprint density at radius 3 is 2.40 bits per heavy atom. The zero-order valence-corrected chi connectivity index (χ0v) is 11.2. The van der Waals surface area contributed by atoms with Gasteiger partial charge >= 0.3 is 0 Å². The molecule has 0 atom stereocenters. The number of rotatable bonds is 3. The lowest BCUT2D eigenvalue weighted by atomic mass is 9.95. The van der Waals surface area contributed by atoms with E-state index in [2.05, 4.69) is 12.1 Å². The van der Waals surface area contributed by atoms with Crippen molar-refractivity contribution < 1.29 is 13.9 Å². The van der Waals surface area contributed by atoms with Gasteiger partial charge in [0.2, 0.25) is 0 Å². The highest BCUT2D eigenvalue weighted by atomic mass is 19.1. The molecule has 20 heavy (non-hydrogen) atoms. The lowest BCUT2D eigenvalue weighted by molar-refractivity contribution is 0.0924. The number of Topliss-reactive ketones (excluding diaryl/α,β-unsaturated/α-hetero) is 1. The molecular formula is C17H15FO2. The predicted molar refractivity (Wildman–Crippen MR) is 74.6 cm³/mol. The van der Waals surface area contributed by atoms with Crippen LogP contribution < -0.4 is 4.74 Å². The maximum Gasteiger partial charge on any atom is 0.166 e. The Bertz CT molecular complexity index is 639. The Hall–Kier alpha value is -2.16. The van der Waals surface area contributed by atoms with Crippen molar-refractivity contribution in [3.05, 3.63) is 65.0 Å². The van der Waals surface area contributed by atoms with Crippen LogP contribution in [0.2, 0.25) is 0 Å². The lowest BCUT2D eigenvalue weighted by Crippen LogP contribution is -2.15. The number of carbonyl (C=O) groups excluding carboxylic acids is 1. The van der Waals surface area contributed by atoms with Crippen molar-refractivity contribution >= 4 is 5.78 Å². The third-order valence-electron chi connectivity index (χ3n) is 3.86. The van der Waals surface area contributed by atoms with Crippen LogP contribution in [-0.4, -0.2) is 12.9 Å². The van der Waals surface area contributed by atoms with E-state index in [1.54, 1.807) is 0 Å². The number of fused-ring (bicyclic) bond motifs is 1. The molecule has 3 rings (SSSR count). The Morgan fingerprint density at radius 1 is 1.15 bits per heavy atom. The number of ketones is 1. The van der Waals surface area contributed by atoms with Crippen LogP contribution in [0.3, 0.4) is 0 Å². The van der Waals surface area contributed by atoms with Gasteiger partial charge in [-0.1, -0.05) is 24.3 Å². The fourth-order valence-corrected chi connectivity index (χ4v) is 2.79. The van der Waals surface area contributed by atoms with E-state index < -0.39 is 5.82 Å². The molecule has 0 spiro atoms. The molecule has 2 aromatic carbocycles. The summed E-state index contributed by atoms with van der Waals surface area (Å²) in [7, 11) is 1.40. The number of ether oxygens (including phenoxy) is 1. The van der Waals surface area contributed by atoms with Crippen molar-refractivity contribution in [2.45, 2.75) is 12.8 Å². The first-order valence-electron chi connectivity index (χ1n) is 6.63. The van der Waals surface area contributed by atoms with Gasteiger partial charge in [-0.2, -0.15) is 0 Å². The summed E-state index contributed by atoms with van der Waals surface area (Å²) in [6.45, 7) is 0. The van der Waals surface area contributed by atoms with E-state index in [-0.39, 0.29) is 17.5 Å². The maximum atomic E-state index is 13.4. The molecule has 0 fully saturated rings. The van der Waals surface area contributed by atoms with Crippen LogP contribution >= 0.6 is 0 Å². The number of carbonyl (C=O) groups is 1. The van der Waals surface area contributed by atoms with Crippen molar-refractivity contribution in [1.29, 1.82) is 0 Å². The van der Waals surface area contributed by atoms with Gasteiger partial charge in [-0.25, -0.2) is 4.39 Å². The first-order valence-corrected chi connectivity index (χ1v) is 6.63. The summed E-state index contributed by atoms with van der Waals surface area (Å²) in [5, 5.41) is 0. The molecule has 0 N–H and O–H groups in total. The molecule has 1 aliphatic carbocycles. The van der Waals surface area contributed by atoms with Crippen molar-refractivity contribution in [2.24, 2.45) is 5.92 Å². The minimum atomic E-state index is -0.446. The molecule has 0 saturated heterocycles. The van der Waals surface area contributed by atoms with Gasteiger partial charge in [0.1, 0.15) is 0 Å². The van der Waals surface area contributed by atoms with Gasteiger partial charge < -0.3 is 4.74 Å². The van der Waals surface area contributed by atoms with Crippen LogP contribution in [0.25, 0.3) is 0 Å². The fraction of sp³-hybridized carbons (Fsp3) is 0.235. The van der Waals surface area contributed by atoms with E-state index in [4.69, 9.17) is 4.74 Å². The first-order chi connectivity index (χ1) is 9.69. The Kier molecular flexibility index (Phi) is 3.26. The molecule has 0 aromatic heterocycles. The maximum absolute atomic E-state index is 13.4. The smallest absolute Gasteiger partial charge is 0.166 e. The minimum absolute atomic E-state index is 0.0532. The van der Waals surface area contributed by atoms with Crippen LogP contribution in [0.5, 0.6) is 5.75 Å². The second kappa shape index (κ2) is 5.08. The average molecular weight is 270 g/mol. The molecule has 0 amide bonds. The summed E-state index contributed by atoms with van der Waals surface area (Å²) in [6, 6.07) is 12.4.